The Labute approximate surface area is 169 Å². The maximum atomic E-state index is 12.6. The van der Waals surface area contributed by atoms with Crippen molar-refractivity contribution in [2.45, 2.75) is 13.8 Å². The number of aromatic amines is 1. The number of aromatic nitrogens is 1. The molecule has 3 aromatic rings. The molecule has 1 heterocycles. The third kappa shape index (κ3) is 4.66. The van der Waals surface area contributed by atoms with E-state index in [1.54, 1.807) is 31.4 Å². The Kier molecular flexibility index (Phi) is 6.34. The van der Waals surface area contributed by atoms with Crippen LogP contribution in [0.5, 0.6) is 11.5 Å². The first-order valence-electron chi connectivity index (χ1n) is 9.29. The molecule has 1 N–H and O–H groups in total. The standard InChI is InChI=1S/C23H23NO5/c1-4-28-20-11-9-16(13-21(20)27-3)10-12-22(26)29-14-19(25)23-15(2)24-18-8-6-5-7-17(18)23/h5-13,24H,4,14H2,1-3H3/b12-10+. The summed E-state index contributed by atoms with van der Waals surface area (Å²) in [5.74, 6) is 0.370. The van der Waals surface area contributed by atoms with Gasteiger partial charge in [0.2, 0.25) is 5.78 Å². The topological polar surface area (TPSA) is 77.6 Å². The van der Waals surface area contributed by atoms with E-state index < -0.39 is 5.97 Å². The van der Waals surface area contributed by atoms with Crippen LogP contribution in [0, 0.1) is 6.92 Å². The first-order chi connectivity index (χ1) is 14.0. The second-order valence-corrected chi connectivity index (χ2v) is 6.38. The molecule has 0 aliphatic carbocycles. The first kappa shape index (κ1) is 20.2. The molecule has 2 aromatic carbocycles. The predicted octanol–water partition coefficient (Wildman–Crippen LogP) is 4.32. The minimum absolute atomic E-state index is 0.246. The lowest BCUT2D eigenvalue weighted by molar-refractivity contribution is -0.136. The molecule has 0 spiro atoms. The van der Waals surface area contributed by atoms with E-state index in [0.29, 0.717) is 23.7 Å². The van der Waals surface area contributed by atoms with Gasteiger partial charge in [0.05, 0.1) is 13.7 Å². The molecule has 6 nitrogen and oxygen atoms in total. The number of benzene rings is 2. The average molecular weight is 393 g/mol. The van der Waals surface area contributed by atoms with Gasteiger partial charge in [-0.2, -0.15) is 0 Å². The van der Waals surface area contributed by atoms with Crippen LogP contribution in [0.3, 0.4) is 0 Å². The number of Topliss-reactive ketones (excluding diaryl/α,β-unsaturated/α-hetero) is 1. The minimum Gasteiger partial charge on any atom is -0.493 e. The van der Waals surface area contributed by atoms with Gasteiger partial charge in [-0.3, -0.25) is 4.79 Å². The monoisotopic (exact) mass is 393 g/mol. The summed E-state index contributed by atoms with van der Waals surface area (Å²) in [5, 5.41) is 0.822. The van der Waals surface area contributed by atoms with Crippen molar-refractivity contribution in [3.05, 3.63) is 65.4 Å². The van der Waals surface area contributed by atoms with E-state index in [1.807, 2.05) is 38.1 Å². The predicted molar refractivity (Wildman–Crippen MR) is 112 cm³/mol. The van der Waals surface area contributed by atoms with Gasteiger partial charge in [-0.15, -0.1) is 0 Å². The number of carbonyl (C=O) groups excluding carboxylic acids is 2. The van der Waals surface area contributed by atoms with Crippen molar-refractivity contribution in [3.8, 4) is 11.5 Å². The van der Waals surface area contributed by atoms with Crippen molar-refractivity contribution in [1.82, 2.24) is 4.98 Å². The average Bonchev–Trinajstić information content (AvgIpc) is 3.07. The number of hydrogen-bond acceptors (Lipinski definition) is 5. The molecule has 0 aliphatic rings. The Hall–Kier alpha value is -3.54. The SMILES string of the molecule is CCOc1ccc(/C=C/C(=O)OCC(=O)c2c(C)[nH]c3ccccc23)cc1OC. The lowest BCUT2D eigenvalue weighted by Gasteiger charge is -2.09. The van der Waals surface area contributed by atoms with Crippen molar-refractivity contribution in [2.24, 2.45) is 0 Å². The molecule has 0 amide bonds. The van der Waals surface area contributed by atoms with Crippen LogP contribution < -0.4 is 9.47 Å². The summed E-state index contributed by atoms with van der Waals surface area (Å²) in [7, 11) is 1.55. The molecule has 3 rings (SSSR count). The number of H-pyrrole nitrogens is 1. The Balaban J connectivity index is 1.63. The highest BCUT2D eigenvalue weighted by molar-refractivity contribution is 6.10. The molecule has 150 valence electrons. The molecule has 0 saturated carbocycles. The maximum Gasteiger partial charge on any atom is 0.331 e. The van der Waals surface area contributed by atoms with E-state index in [2.05, 4.69) is 4.98 Å². The van der Waals surface area contributed by atoms with Crippen LogP contribution >= 0.6 is 0 Å². The molecular weight excluding hydrogens is 370 g/mol. The molecule has 6 heteroatoms. The van der Waals surface area contributed by atoms with E-state index in [9.17, 15) is 9.59 Å². The van der Waals surface area contributed by atoms with Gasteiger partial charge in [-0.05, 0) is 43.7 Å². The highest BCUT2D eigenvalue weighted by atomic mass is 16.5. The molecule has 29 heavy (non-hydrogen) atoms. The molecular formula is C23H23NO5. The van der Waals surface area contributed by atoms with Crippen molar-refractivity contribution in [2.75, 3.05) is 20.3 Å². The first-order valence-corrected chi connectivity index (χ1v) is 9.29. The Bertz CT molecular complexity index is 1060. The number of aryl methyl sites for hydroxylation is 1. The Morgan fingerprint density at radius 1 is 1.10 bits per heavy atom. The zero-order valence-electron chi connectivity index (χ0n) is 16.7. The molecule has 0 fully saturated rings. The molecule has 1 aromatic heterocycles. The number of methoxy groups -OCH3 is 1. The second kappa shape index (κ2) is 9.10. The number of esters is 1. The van der Waals surface area contributed by atoms with E-state index in [1.165, 1.54) is 6.08 Å². The van der Waals surface area contributed by atoms with Crippen molar-refractivity contribution >= 4 is 28.7 Å². The largest absolute Gasteiger partial charge is 0.493 e. The van der Waals surface area contributed by atoms with Gasteiger partial charge in [0.15, 0.2) is 18.1 Å². The summed E-state index contributed by atoms with van der Waals surface area (Å²) in [5.41, 5.74) is 2.93. The number of ketones is 1. The Morgan fingerprint density at radius 2 is 1.90 bits per heavy atom. The fourth-order valence-corrected chi connectivity index (χ4v) is 3.12. The third-order valence-electron chi connectivity index (χ3n) is 4.42. The van der Waals surface area contributed by atoms with E-state index in [0.717, 1.165) is 22.2 Å². The molecule has 0 saturated heterocycles. The summed E-state index contributed by atoms with van der Waals surface area (Å²) < 4.78 is 15.9. The minimum atomic E-state index is -0.594. The van der Waals surface area contributed by atoms with Crippen molar-refractivity contribution in [1.29, 1.82) is 0 Å². The summed E-state index contributed by atoms with van der Waals surface area (Å²) in [6.45, 7) is 3.93. The number of rotatable bonds is 8. The van der Waals surface area contributed by atoms with Gasteiger partial charge in [-0.25, -0.2) is 4.79 Å². The van der Waals surface area contributed by atoms with Crippen LogP contribution in [-0.4, -0.2) is 37.1 Å². The number of hydrogen-bond donors (Lipinski definition) is 1. The van der Waals surface area contributed by atoms with E-state index in [-0.39, 0.29) is 12.4 Å². The second-order valence-electron chi connectivity index (χ2n) is 6.38. The highest BCUT2D eigenvalue weighted by Gasteiger charge is 2.17. The number of ether oxygens (including phenoxy) is 3. The number of nitrogens with one attached hydrogen (secondary N) is 1. The van der Waals surface area contributed by atoms with Crippen LogP contribution in [0.25, 0.3) is 17.0 Å². The lowest BCUT2D eigenvalue weighted by atomic mass is 10.1. The number of para-hydroxylation sites is 1. The molecule has 0 unspecified atom stereocenters. The normalized spacial score (nSPS) is 11.0. The van der Waals surface area contributed by atoms with Crippen LogP contribution in [0.4, 0.5) is 0 Å². The summed E-state index contributed by atoms with van der Waals surface area (Å²) in [4.78, 5) is 27.8. The van der Waals surface area contributed by atoms with Crippen LogP contribution in [0.1, 0.15) is 28.5 Å². The molecule has 0 bridgehead atoms. The van der Waals surface area contributed by atoms with Gasteiger partial charge in [0.1, 0.15) is 0 Å². The number of carbonyl (C=O) groups is 2. The van der Waals surface area contributed by atoms with Crippen LogP contribution in [0.2, 0.25) is 0 Å². The molecule has 0 radical (unpaired) electrons. The van der Waals surface area contributed by atoms with Gasteiger partial charge >= 0.3 is 5.97 Å². The van der Waals surface area contributed by atoms with Gasteiger partial charge in [0, 0.05) is 28.2 Å². The maximum absolute atomic E-state index is 12.6. The smallest absolute Gasteiger partial charge is 0.331 e. The number of fused-ring (bicyclic) bond motifs is 1. The van der Waals surface area contributed by atoms with Crippen molar-refractivity contribution in [3.63, 3.8) is 0 Å². The summed E-state index contributed by atoms with van der Waals surface area (Å²) >= 11 is 0. The zero-order chi connectivity index (χ0) is 20.8. The highest BCUT2D eigenvalue weighted by Crippen LogP contribution is 2.28. The van der Waals surface area contributed by atoms with Crippen molar-refractivity contribution < 1.29 is 23.8 Å². The Morgan fingerprint density at radius 3 is 2.66 bits per heavy atom. The van der Waals surface area contributed by atoms with E-state index >= 15 is 0 Å². The summed E-state index contributed by atoms with van der Waals surface area (Å²) in [6, 6.07) is 12.9. The van der Waals surface area contributed by atoms with E-state index in [4.69, 9.17) is 14.2 Å². The quantitative estimate of drug-likeness (QED) is 0.350. The zero-order valence-corrected chi connectivity index (χ0v) is 16.7. The molecule has 0 aliphatic heterocycles. The molecule has 0 atom stereocenters. The van der Waals surface area contributed by atoms with Gasteiger partial charge in [0.25, 0.3) is 0 Å². The lowest BCUT2D eigenvalue weighted by Crippen LogP contribution is -2.13. The van der Waals surface area contributed by atoms with Crippen LogP contribution in [0.15, 0.2) is 48.5 Å². The van der Waals surface area contributed by atoms with Gasteiger partial charge < -0.3 is 19.2 Å². The fraction of sp³-hybridized carbons (Fsp3) is 0.217. The summed E-state index contributed by atoms with van der Waals surface area (Å²) in [6.07, 6.45) is 2.88. The third-order valence-corrected chi connectivity index (χ3v) is 4.42. The van der Waals surface area contributed by atoms with Gasteiger partial charge in [-0.1, -0.05) is 24.3 Å². The van der Waals surface area contributed by atoms with Crippen LogP contribution in [-0.2, 0) is 9.53 Å². The fourth-order valence-electron chi connectivity index (χ4n) is 3.12.